The number of benzene rings is 1. The summed E-state index contributed by atoms with van der Waals surface area (Å²) < 4.78 is 38.6. The molecule has 2 aliphatic heterocycles. The Balaban J connectivity index is 1.24. The van der Waals surface area contributed by atoms with E-state index in [2.05, 4.69) is 32.5 Å². The molecule has 2 fully saturated rings. The third-order valence-electron chi connectivity index (χ3n) is 6.71. The molecule has 10 heteroatoms. The Labute approximate surface area is 197 Å². The van der Waals surface area contributed by atoms with E-state index in [0.29, 0.717) is 25.6 Å². The first-order valence-electron chi connectivity index (χ1n) is 11.7. The molecule has 0 bridgehead atoms. The Morgan fingerprint density at radius 3 is 2.21 bits per heavy atom. The Kier molecular flexibility index (Phi) is 7.55. The first-order chi connectivity index (χ1) is 16.3. The number of anilines is 3. The van der Waals surface area contributed by atoms with E-state index in [1.165, 1.54) is 0 Å². The van der Waals surface area contributed by atoms with E-state index < -0.39 is 12.1 Å². The number of nitrogens with zero attached hydrogens (tertiary/aromatic N) is 4. The smallest absolute Gasteiger partial charge is 0.372 e. The van der Waals surface area contributed by atoms with Gasteiger partial charge in [0.25, 0.3) is 0 Å². The van der Waals surface area contributed by atoms with E-state index in [0.717, 1.165) is 42.9 Å². The summed E-state index contributed by atoms with van der Waals surface area (Å²) >= 11 is 0. The third kappa shape index (κ3) is 6.37. The number of alkyl halides is 3. The number of carbonyl (C=O) groups is 1. The molecule has 0 radical (unpaired) electrons. The fraction of sp³-hybridized carbons (Fsp3) is 0.542. The summed E-state index contributed by atoms with van der Waals surface area (Å²) in [4.78, 5) is 25.2. The van der Waals surface area contributed by atoms with Gasteiger partial charge in [-0.3, -0.25) is 4.79 Å². The predicted molar refractivity (Wildman–Crippen MR) is 125 cm³/mol. The molecule has 0 aliphatic carbocycles. The van der Waals surface area contributed by atoms with Crippen LogP contribution in [0.5, 0.6) is 0 Å². The average molecular weight is 477 g/mol. The molecule has 0 unspecified atom stereocenters. The van der Waals surface area contributed by atoms with Crippen LogP contribution in [0.25, 0.3) is 0 Å². The van der Waals surface area contributed by atoms with Crippen LogP contribution in [-0.4, -0.2) is 60.2 Å². The Morgan fingerprint density at radius 1 is 1.00 bits per heavy atom. The number of rotatable bonds is 6. The largest absolute Gasteiger partial charge is 0.391 e. The zero-order valence-corrected chi connectivity index (χ0v) is 19.3. The van der Waals surface area contributed by atoms with E-state index in [9.17, 15) is 18.0 Å². The molecular formula is C24H31F3N6O. The minimum Gasteiger partial charge on any atom is -0.372 e. The van der Waals surface area contributed by atoms with Crippen molar-refractivity contribution in [1.82, 2.24) is 20.2 Å². The Bertz CT molecular complexity index is 935. The maximum absolute atomic E-state index is 12.9. The van der Waals surface area contributed by atoms with Crippen molar-refractivity contribution in [3.05, 3.63) is 42.2 Å². The quantitative estimate of drug-likeness (QED) is 0.658. The molecule has 1 aromatic carbocycles. The van der Waals surface area contributed by atoms with Gasteiger partial charge in [0.05, 0.1) is 5.92 Å². The van der Waals surface area contributed by atoms with Crippen LogP contribution in [0.4, 0.5) is 30.5 Å². The number of aromatic nitrogens is 2. The van der Waals surface area contributed by atoms with E-state index in [-0.39, 0.29) is 24.7 Å². The lowest BCUT2D eigenvalue weighted by Crippen LogP contribution is -2.38. The summed E-state index contributed by atoms with van der Waals surface area (Å²) in [6, 6.07) is 7.51. The highest BCUT2D eigenvalue weighted by Crippen LogP contribution is 2.35. The van der Waals surface area contributed by atoms with Crippen LogP contribution in [-0.2, 0) is 11.3 Å². The number of hydrogen-bond acceptors (Lipinski definition) is 6. The molecule has 7 nitrogen and oxygen atoms in total. The number of likely N-dealkylation sites (tertiary alicyclic amines) is 1. The maximum Gasteiger partial charge on any atom is 0.391 e. The van der Waals surface area contributed by atoms with E-state index in [1.807, 2.05) is 29.2 Å². The minimum absolute atomic E-state index is 0.0667. The van der Waals surface area contributed by atoms with Gasteiger partial charge in [0, 0.05) is 54.9 Å². The zero-order valence-electron chi connectivity index (χ0n) is 19.3. The van der Waals surface area contributed by atoms with Crippen LogP contribution in [0.2, 0.25) is 0 Å². The third-order valence-corrected chi connectivity index (χ3v) is 6.71. The standard InChI is InChI=1S/C24H31F3N6O/c1-32-10-6-18(7-11-32)22(34)28-14-17-15-29-23(30-16-17)31-20-2-4-21(5-3-20)33-12-8-19(9-13-33)24(25,26)27/h2-5,15-16,18-19H,6-14H2,1H3,(H,28,34)(H,29,30,31). The second-order valence-electron chi connectivity index (χ2n) is 9.19. The van der Waals surface area contributed by atoms with Gasteiger partial charge in [0.2, 0.25) is 11.9 Å². The van der Waals surface area contributed by atoms with Gasteiger partial charge in [-0.2, -0.15) is 13.2 Å². The molecule has 1 amide bonds. The molecule has 0 saturated carbocycles. The topological polar surface area (TPSA) is 73.4 Å². The first kappa shape index (κ1) is 24.3. The van der Waals surface area contributed by atoms with Crippen LogP contribution in [0.15, 0.2) is 36.7 Å². The van der Waals surface area contributed by atoms with E-state index in [4.69, 9.17) is 0 Å². The molecule has 3 heterocycles. The normalized spacial score (nSPS) is 18.6. The van der Waals surface area contributed by atoms with Crippen molar-refractivity contribution >= 4 is 23.2 Å². The summed E-state index contributed by atoms with van der Waals surface area (Å²) in [6.45, 7) is 3.08. The van der Waals surface area contributed by atoms with Crippen LogP contribution in [0, 0.1) is 11.8 Å². The molecule has 4 rings (SSSR count). The lowest BCUT2D eigenvalue weighted by molar-refractivity contribution is -0.179. The fourth-order valence-corrected chi connectivity index (χ4v) is 4.46. The van der Waals surface area contributed by atoms with E-state index in [1.54, 1.807) is 12.4 Å². The molecule has 1 aromatic heterocycles. The molecular weight excluding hydrogens is 445 g/mol. The summed E-state index contributed by atoms with van der Waals surface area (Å²) in [5.41, 5.74) is 2.52. The molecule has 2 N–H and O–H groups in total. The average Bonchev–Trinajstić information content (AvgIpc) is 2.84. The fourth-order valence-electron chi connectivity index (χ4n) is 4.46. The lowest BCUT2D eigenvalue weighted by atomic mass is 9.96. The van der Waals surface area contributed by atoms with Crippen molar-refractivity contribution in [3.8, 4) is 0 Å². The Hall–Kier alpha value is -2.88. The van der Waals surface area contributed by atoms with Gasteiger partial charge >= 0.3 is 6.18 Å². The van der Waals surface area contributed by atoms with Gasteiger partial charge in [-0.15, -0.1) is 0 Å². The molecule has 2 saturated heterocycles. The molecule has 184 valence electrons. The Morgan fingerprint density at radius 2 is 1.62 bits per heavy atom. The maximum atomic E-state index is 12.9. The van der Waals surface area contributed by atoms with Crippen molar-refractivity contribution in [2.45, 2.75) is 38.4 Å². The van der Waals surface area contributed by atoms with Crippen molar-refractivity contribution in [2.75, 3.05) is 43.4 Å². The number of hydrogen-bond donors (Lipinski definition) is 2. The van der Waals surface area contributed by atoms with Gasteiger partial charge < -0.3 is 20.4 Å². The highest BCUT2D eigenvalue weighted by Gasteiger charge is 2.41. The number of carbonyl (C=O) groups excluding carboxylic acids is 1. The number of amides is 1. The molecule has 2 aromatic rings. The summed E-state index contributed by atoms with van der Waals surface area (Å²) in [6.07, 6.45) is 1.28. The van der Waals surface area contributed by atoms with Crippen molar-refractivity contribution in [1.29, 1.82) is 0 Å². The van der Waals surface area contributed by atoms with Gasteiger partial charge in [-0.05, 0) is 70.1 Å². The van der Waals surface area contributed by atoms with Gasteiger partial charge in [-0.25, -0.2) is 9.97 Å². The summed E-state index contributed by atoms with van der Waals surface area (Å²) in [5.74, 6) is -0.619. The van der Waals surface area contributed by atoms with Gasteiger partial charge in [0.1, 0.15) is 0 Å². The number of nitrogens with one attached hydrogen (secondary N) is 2. The van der Waals surface area contributed by atoms with Gasteiger partial charge in [0.15, 0.2) is 0 Å². The number of piperidine rings is 2. The highest BCUT2D eigenvalue weighted by atomic mass is 19.4. The zero-order chi connectivity index (χ0) is 24.1. The lowest BCUT2D eigenvalue weighted by Gasteiger charge is -2.34. The van der Waals surface area contributed by atoms with Crippen LogP contribution in [0.1, 0.15) is 31.2 Å². The van der Waals surface area contributed by atoms with Crippen LogP contribution in [0.3, 0.4) is 0 Å². The second-order valence-corrected chi connectivity index (χ2v) is 9.19. The SMILES string of the molecule is CN1CCC(C(=O)NCc2cnc(Nc3ccc(N4CCC(C(F)(F)F)CC4)cc3)nc2)CC1. The predicted octanol–water partition coefficient (Wildman–Crippen LogP) is 3.96. The van der Waals surface area contributed by atoms with E-state index >= 15 is 0 Å². The van der Waals surface area contributed by atoms with Crippen LogP contribution < -0.4 is 15.5 Å². The first-order valence-corrected chi connectivity index (χ1v) is 11.7. The molecule has 0 spiro atoms. The highest BCUT2D eigenvalue weighted by molar-refractivity contribution is 5.78. The molecule has 2 aliphatic rings. The van der Waals surface area contributed by atoms with Crippen molar-refractivity contribution in [3.63, 3.8) is 0 Å². The van der Waals surface area contributed by atoms with Gasteiger partial charge in [-0.1, -0.05) is 0 Å². The summed E-state index contributed by atoms with van der Waals surface area (Å²) in [5, 5.41) is 6.10. The van der Waals surface area contributed by atoms with Crippen molar-refractivity contribution in [2.24, 2.45) is 11.8 Å². The summed E-state index contributed by atoms with van der Waals surface area (Å²) in [7, 11) is 2.07. The van der Waals surface area contributed by atoms with Crippen LogP contribution >= 0.6 is 0 Å². The second kappa shape index (κ2) is 10.6. The molecule has 34 heavy (non-hydrogen) atoms. The molecule has 0 atom stereocenters. The monoisotopic (exact) mass is 476 g/mol. The number of halogens is 3. The van der Waals surface area contributed by atoms with Crippen molar-refractivity contribution < 1.29 is 18.0 Å². The minimum atomic E-state index is -4.10.